The zero-order valence-corrected chi connectivity index (χ0v) is 10.4. The standard InChI is InChI=1S/C13H11N3OS/c1-2-4-11-9(3-1)10(7-17-11)12-15-13(18-16-12)14-8-5-6-8/h1-4,7-8H,5-6H2,(H,14,15,16). The minimum Gasteiger partial charge on any atom is -0.464 e. The lowest BCUT2D eigenvalue weighted by Crippen LogP contribution is -1.99. The van der Waals surface area contributed by atoms with Gasteiger partial charge in [0.2, 0.25) is 5.13 Å². The molecule has 1 fully saturated rings. The van der Waals surface area contributed by atoms with Crippen molar-refractivity contribution in [3.8, 4) is 11.4 Å². The zero-order valence-electron chi connectivity index (χ0n) is 9.59. The molecule has 3 aromatic rings. The Morgan fingerprint density at radius 1 is 1.28 bits per heavy atom. The zero-order chi connectivity index (χ0) is 11.9. The number of nitrogens with one attached hydrogen (secondary N) is 1. The number of benzene rings is 1. The van der Waals surface area contributed by atoms with E-state index in [2.05, 4.69) is 14.7 Å². The third-order valence-electron chi connectivity index (χ3n) is 3.05. The van der Waals surface area contributed by atoms with Crippen molar-refractivity contribution in [2.75, 3.05) is 5.32 Å². The van der Waals surface area contributed by atoms with E-state index in [0.29, 0.717) is 6.04 Å². The van der Waals surface area contributed by atoms with Crippen molar-refractivity contribution >= 4 is 27.6 Å². The number of hydrogen-bond donors (Lipinski definition) is 1. The van der Waals surface area contributed by atoms with Crippen molar-refractivity contribution in [2.45, 2.75) is 18.9 Å². The summed E-state index contributed by atoms with van der Waals surface area (Å²) in [6.07, 6.45) is 4.21. The van der Waals surface area contributed by atoms with Gasteiger partial charge in [-0.15, -0.1) is 0 Å². The van der Waals surface area contributed by atoms with Gasteiger partial charge in [0.25, 0.3) is 0 Å². The van der Waals surface area contributed by atoms with Crippen LogP contribution in [0.2, 0.25) is 0 Å². The van der Waals surface area contributed by atoms with Gasteiger partial charge < -0.3 is 9.73 Å². The quantitative estimate of drug-likeness (QED) is 0.780. The molecule has 1 aliphatic carbocycles. The van der Waals surface area contributed by atoms with E-state index < -0.39 is 0 Å². The van der Waals surface area contributed by atoms with Gasteiger partial charge in [-0.1, -0.05) is 18.2 Å². The third-order valence-corrected chi connectivity index (χ3v) is 3.70. The largest absolute Gasteiger partial charge is 0.464 e. The third kappa shape index (κ3) is 1.67. The van der Waals surface area contributed by atoms with Crippen molar-refractivity contribution in [1.29, 1.82) is 0 Å². The molecule has 1 aromatic carbocycles. The molecule has 0 radical (unpaired) electrons. The van der Waals surface area contributed by atoms with Crippen molar-refractivity contribution in [2.24, 2.45) is 0 Å². The van der Waals surface area contributed by atoms with E-state index in [1.807, 2.05) is 24.3 Å². The maximum atomic E-state index is 5.51. The number of rotatable bonds is 3. The van der Waals surface area contributed by atoms with Crippen LogP contribution in [0.5, 0.6) is 0 Å². The summed E-state index contributed by atoms with van der Waals surface area (Å²) >= 11 is 1.41. The van der Waals surface area contributed by atoms with E-state index >= 15 is 0 Å². The summed E-state index contributed by atoms with van der Waals surface area (Å²) < 4.78 is 9.91. The summed E-state index contributed by atoms with van der Waals surface area (Å²) in [6, 6.07) is 8.55. The van der Waals surface area contributed by atoms with Gasteiger partial charge in [-0.2, -0.15) is 9.36 Å². The predicted molar refractivity (Wildman–Crippen MR) is 71.8 cm³/mol. The van der Waals surface area contributed by atoms with Gasteiger partial charge in [0.1, 0.15) is 11.8 Å². The van der Waals surface area contributed by atoms with E-state index in [4.69, 9.17) is 4.42 Å². The van der Waals surface area contributed by atoms with Gasteiger partial charge in [-0.3, -0.25) is 0 Å². The molecule has 0 amide bonds. The number of anilines is 1. The van der Waals surface area contributed by atoms with Crippen LogP contribution in [0.15, 0.2) is 34.9 Å². The van der Waals surface area contributed by atoms with Gasteiger partial charge in [0.15, 0.2) is 5.82 Å². The second kappa shape index (κ2) is 3.81. The Morgan fingerprint density at radius 3 is 3.06 bits per heavy atom. The smallest absolute Gasteiger partial charge is 0.203 e. The summed E-state index contributed by atoms with van der Waals surface area (Å²) in [4.78, 5) is 4.52. The molecule has 5 heteroatoms. The SMILES string of the molecule is c1ccc2c(-c3nsc(NC4CC4)n3)coc2c1. The summed E-state index contributed by atoms with van der Waals surface area (Å²) in [5.41, 5.74) is 1.84. The molecule has 2 heterocycles. The molecule has 4 nitrogen and oxygen atoms in total. The molecular formula is C13H11N3OS. The van der Waals surface area contributed by atoms with Crippen molar-refractivity contribution in [3.05, 3.63) is 30.5 Å². The van der Waals surface area contributed by atoms with Crippen LogP contribution < -0.4 is 5.32 Å². The minimum atomic E-state index is 0.604. The molecular weight excluding hydrogens is 246 g/mol. The average molecular weight is 257 g/mol. The summed E-state index contributed by atoms with van der Waals surface area (Å²) in [7, 11) is 0. The number of furan rings is 1. The number of para-hydroxylation sites is 1. The highest BCUT2D eigenvalue weighted by molar-refractivity contribution is 7.09. The first-order valence-electron chi connectivity index (χ1n) is 5.97. The van der Waals surface area contributed by atoms with Crippen LogP contribution in [0.25, 0.3) is 22.4 Å². The fraction of sp³-hybridized carbons (Fsp3) is 0.231. The topological polar surface area (TPSA) is 51.0 Å². The number of nitrogens with zero attached hydrogens (tertiary/aromatic N) is 2. The molecule has 0 saturated heterocycles. The van der Waals surface area contributed by atoms with Crippen LogP contribution >= 0.6 is 11.5 Å². The minimum absolute atomic E-state index is 0.604. The van der Waals surface area contributed by atoms with E-state index in [1.54, 1.807) is 6.26 Å². The average Bonchev–Trinajstić information content (AvgIpc) is 2.91. The number of hydrogen-bond acceptors (Lipinski definition) is 5. The Kier molecular flexibility index (Phi) is 2.14. The molecule has 18 heavy (non-hydrogen) atoms. The molecule has 1 N–H and O–H groups in total. The first-order valence-corrected chi connectivity index (χ1v) is 6.74. The fourth-order valence-corrected chi connectivity index (χ4v) is 2.60. The van der Waals surface area contributed by atoms with E-state index in [0.717, 1.165) is 27.5 Å². The molecule has 90 valence electrons. The normalized spacial score (nSPS) is 15.1. The van der Waals surface area contributed by atoms with Crippen LogP contribution in [0, 0.1) is 0 Å². The Hall–Kier alpha value is -1.88. The Labute approximate surface area is 108 Å². The van der Waals surface area contributed by atoms with E-state index in [-0.39, 0.29) is 0 Å². The molecule has 0 bridgehead atoms. The molecule has 0 atom stereocenters. The molecule has 2 aromatic heterocycles. The second-order valence-corrected chi connectivity index (χ2v) is 5.24. The highest BCUT2D eigenvalue weighted by Crippen LogP contribution is 2.32. The van der Waals surface area contributed by atoms with Crippen LogP contribution in [0.3, 0.4) is 0 Å². The second-order valence-electron chi connectivity index (χ2n) is 4.49. The lowest BCUT2D eigenvalue weighted by Gasteiger charge is -1.94. The monoisotopic (exact) mass is 257 g/mol. The van der Waals surface area contributed by atoms with Crippen LogP contribution in [0.4, 0.5) is 5.13 Å². The first-order chi connectivity index (χ1) is 8.90. The van der Waals surface area contributed by atoms with Crippen molar-refractivity contribution < 1.29 is 4.42 Å². The lowest BCUT2D eigenvalue weighted by molar-refractivity contribution is 0.616. The summed E-state index contributed by atoms with van der Waals surface area (Å²) in [5, 5.41) is 5.32. The van der Waals surface area contributed by atoms with Crippen LogP contribution in [-0.4, -0.2) is 15.4 Å². The summed E-state index contributed by atoms with van der Waals surface area (Å²) in [6.45, 7) is 0. The maximum Gasteiger partial charge on any atom is 0.203 e. The maximum absolute atomic E-state index is 5.51. The van der Waals surface area contributed by atoms with Crippen LogP contribution in [0.1, 0.15) is 12.8 Å². The molecule has 0 unspecified atom stereocenters. The highest BCUT2D eigenvalue weighted by Gasteiger charge is 2.22. The van der Waals surface area contributed by atoms with Gasteiger partial charge >= 0.3 is 0 Å². The first kappa shape index (κ1) is 10.1. The van der Waals surface area contributed by atoms with E-state index in [9.17, 15) is 0 Å². The van der Waals surface area contributed by atoms with Crippen molar-refractivity contribution in [1.82, 2.24) is 9.36 Å². The lowest BCUT2D eigenvalue weighted by atomic mass is 10.2. The van der Waals surface area contributed by atoms with Gasteiger partial charge in [-0.25, -0.2) is 0 Å². The number of fused-ring (bicyclic) bond motifs is 1. The highest BCUT2D eigenvalue weighted by atomic mass is 32.1. The molecule has 1 saturated carbocycles. The fourth-order valence-electron chi connectivity index (χ4n) is 1.94. The molecule has 0 aliphatic heterocycles. The van der Waals surface area contributed by atoms with Gasteiger partial charge in [0, 0.05) is 23.0 Å². The molecule has 0 spiro atoms. The van der Waals surface area contributed by atoms with E-state index in [1.165, 1.54) is 24.4 Å². The predicted octanol–water partition coefficient (Wildman–Crippen LogP) is 3.53. The molecule has 4 rings (SSSR count). The van der Waals surface area contributed by atoms with Crippen molar-refractivity contribution in [3.63, 3.8) is 0 Å². The number of aromatic nitrogens is 2. The summed E-state index contributed by atoms with van der Waals surface area (Å²) in [5.74, 6) is 0.744. The van der Waals surface area contributed by atoms with Crippen LogP contribution in [-0.2, 0) is 0 Å². The Bertz CT molecular complexity index is 699. The van der Waals surface area contributed by atoms with Gasteiger partial charge in [-0.05, 0) is 18.9 Å². The Morgan fingerprint density at radius 2 is 2.17 bits per heavy atom. The molecule has 1 aliphatic rings. The Balaban J connectivity index is 1.74. The van der Waals surface area contributed by atoms with Gasteiger partial charge in [0.05, 0.1) is 5.56 Å².